The SMILES string of the molecule is COC(=O)N1c2ccc([N+](=O)[O-])cc2C=CC1Cc1ccc(Cl)cc1. The highest BCUT2D eigenvalue weighted by Crippen LogP contribution is 2.33. The van der Waals surface area contributed by atoms with Crippen LogP contribution in [0.5, 0.6) is 0 Å². The summed E-state index contributed by atoms with van der Waals surface area (Å²) >= 11 is 5.91. The number of rotatable bonds is 3. The van der Waals surface area contributed by atoms with Gasteiger partial charge in [0.2, 0.25) is 0 Å². The fraction of sp³-hybridized carbons (Fsp3) is 0.167. The predicted octanol–water partition coefficient (Wildman–Crippen LogP) is 4.46. The highest BCUT2D eigenvalue weighted by molar-refractivity contribution is 6.30. The van der Waals surface area contributed by atoms with Crippen LogP contribution in [-0.4, -0.2) is 24.2 Å². The number of nitrogens with zero attached hydrogens (tertiary/aromatic N) is 2. The van der Waals surface area contributed by atoms with Gasteiger partial charge in [0.15, 0.2) is 0 Å². The summed E-state index contributed by atoms with van der Waals surface area (Å²) in [6, 6.07) is 11.5. The third-order valence-electron chi connectivity index (χ3n) is 4.04. The molecule has 0 aromatic heterocycles. The number of carbonyl (C=O) groups excluding carboxylic acids is 1. The Morgan fingerprint density at radius 3 is 2.64 bits per heavy atom. The minimum atomic E-state index is -0.515. The van der Waals surface area contributed by atoms with Crippen LogP contribution in [0.15, 0.2) is 48.5 Å². The molecule has 1 amide bonds. The first kappa shape index (κ1) is 17.0. The van der Waals surface area contributed by atoms with Gasteiger partial charge in [-0.3, -0.25) is 15.0 Å². The number of fused-ring (bicyclic) bond motifs is 1. The van der Waals surface area contributed by atoms with Crippen LogP contribution in [0.4, 0.5) is 16.2 Å². The molecule has 0 fully saturated rings. The summed E-state index contributed by atoms with van der Waals surface area (Å²) in [6.07, 6.45) is 3.69. The molecule has 0 N–H and O–H groups in total. The van der Waals surface area contributed by atoms with E-state index < -0.39 is 11.0 Å². The molecule has 1 aliphatic rings. The van der Waals surface area contributed by atoms with Crippen LogP contribution < -0.4 is 4.90 Å². The number of nitro groups is 1. The maximum absolute atomic E-state index is 12.3. The zero-order valence-electron chi connectivity index (χ0n) is 13.4. The molecule has 128 valence electrons. The number of anilines is 1. The number of benzene rings is 2. The van der Waals surface area contributed by atoms with Crippen molar-refractivity contribution in [1.82, 2.24) is 0 Å². The van der Waals surface area contributed by atoms with Crippen molar-refractivity contribution in [1.29, 1.82) is 0 Å². The van der Waals surface area contributed by atoms with Crippen LogP contribution in [0.1, 0.15) is 11.1 Å². The number of hydrogen-bond acceptors (Lipinski definition) is 4. The second-order valence-electron chi connectivity index (χ2n) is 5.60. The molecular formula is C18H15ClN2O4. The number of non-ortho nitro benzene ring substituents is 1. The number of ether oxygens (including phenoxy) is 1. The number of methoxy groups -OCH3 is 1. The molecule has 1 heterocycles. The summed E-state index contributed by atoms with van der Waals surface area (Å²) in [5.41, 5.74) is 2.17. The maximum atomic E-state index is 12.3. The van der Waals surface area contributed by atoms with E-state index in [0.717, 1.165) is 5.56 Å². The van der Waals surface area contributed by atoms with E-state index in [2.05, 4.69) is 0 Å². The molecule has 1 aliphatic heterocycles. The average Bonchev–Trinajstić information content (AvgIpc) is 2.62. The summed E-state index contributed by atoms with van der Waals surface area (Å²) in [5.74, 6) is 0. The first-order valence-corrected chi connectivity index (χ1v) is 7.95. The first-order valence-electron chi connectivity index (χ1n) is 7.58. The largest absolute Gasteiger partial charge is 0.452 e. The van der Waals surface area contributed by atoms with Crippen LogP contribution in [0.3, 0.4) is 0 Å². The lowest BCUT2D eigenvalue weighted by Gasteiger charge is -2.32. The standard InChI is InChI=1S/C18H15ClN2O4/c1-25-18(22)20-15(10-12-2-5-14(19)6-3-12)7-4-13-11-16(21(23)24)8-9-17(13)20/h2-9,11,15H,10H2,1H3. The van der Waals surface area contributed by atoms with Gasteiger partial charge in [-0.2, -0.15) is 0 Å². The smallest absolute Gasteiger partial charge is 0.414 e. The fourth-order valence-corrected chi connectivity index (χ4v) is 2.97. The topological polar surface area (TPSA) is 72.7 Å². The third kappa shape index (κ3) is 3.49. The molecule has 0 saturated heterocycles. The Kier molecular flexibility index (Phi) is 4.72. The van der Waals surface area contributed by atoms with Gasteiger partial charge in [0.1, 0.15) is 0 Å². The van der Waals surface area contributed by atoms with Crippen LogP contribution in [0.2, 0.25) is 5.02 Å². The van der Waals surface area contributed by atoms with Gasteiger partial charge in [-0.1, -0.05) is 35.9 Å². The van der Waals surface area contributed by atoms with E-state index in [0.29, 0.717) is 22.7 Å². The van der Waals surface area contributed by atoms with Crippen molar-refractivity contribution < 1.29 is 14.5 Å². The number of amides is 1. The Balaban J connectivity index is 1.96. The van der Waals surface area contributed by atoms with Crippen LogP contribution in [0.25, 0.3) is 6.08 Å². The average molecular weight is 359 g/mol. The van der Waals surface area contributed by atoms with Gasteiger partial charge in [-0.05, 0) is 30.2 Å². The van der Waals surface area contributed by atoms with Crippen LogP contribution in [0, 0.1) is 10.1 Å². The second kappa shape index (κ2) is 6.94. The molecular weight excluding hydrogens is 344 g/mol. The Morgan fingerprint density at radius 1 is 1.28 bits per heavy atom. The number of hydrogen-bond donors (Lipinski definition) is 0. The molecule has 0 aliphatic carbocycles. The van der Waals surface area contributed by atoms with Gasteiger partial charge in [0.05, 0.1) is 23.8 Å². The Morgan fingerprint density at radius 2 is 2.00 bits per heavy atom. The van der Waals surface area contributed by atoms with Gasteiger partial charge in [-0.15, -0.1) is 0 Å². The van der Waals surface area contributed by atoms with E-state index >= 15 is 0 Å². The zero-order chi connectivity index (χ0) is 18.0. The summed E-state index contributed by atoms with van der Waals surface area (Å²) in [7, 11) is 1.31. The molecule has 1 atom stereocenters. The van der Waals surface area contributed by atoms with Gasteiger partial charge >= 0.3 is 6.09 Å². The van der Waals surface area contributed by atoms with Gasteiger partial charge in [0.25, 0.3) is 5.69 Å². The molecule has 0 radical (unpaired) electrons. The summed E-state index contributed by atoms with van der Waals surface area (Å²) in [4.78, 5) is 24.3. The Hall–Kier alpha value is -2.86. The number of halogens is 1. The highest BCUT2D eigenvalue weighted by atomic mass is 35.5. The quantitative estimate of drug-likeness (QED) is 0.599. The van der Waals surface area contributed by atoms with Crippen molar-refractivity contribution in [3.8, 4) is 0 Å². The lowest BCUT2D eigenvalue weighted by Crippen LogP contribution is -2.42. The summed E-state index contributed by atoms with van der Waals surface area (Å²) in [6.45, 7) is 0. The lowest BCUT2D eigenvalue weighted by molar-refractivity contribution is -0.384. The normalized spacial score (nSPS) is 15.6. The number of carbonyl (C=O) groups is 1. The second-order valence-corrected chi connectivity index (χ2v) is 6.03. The van der Waals surface area contributed by atoms with Crippen LogP contribution in [-0.2, 0) is 11.2 Å². The van der Waals surface area contributed by atoms with Crippen molar-refractivity contribution in [3.05, 3.63) is 74.8 Å². The van der Waals surface area contributed by atoms with E-state index in [9.17, 15) is 14.9 Å². The number of nitro benzene ring substituents is 1. The highest BCUT2D eigenvalue weighted by Gasteiger charge is 2.30. The Labute approximate surface area is 149 Å². The molecule has 0 spiro atoms. The molecule has 6 nitrogen and oxygen atoms in total. The molecule has 7 heteroatoms. The van der Waals surface area contributed by atoms with Gasteiger partial charge < -0.3 is 4.74 Å². The lowest BCUT2D eigenvalue weighted by atomic mass is 9.97. The Bertz CT molecular complexity index is 849. The summed E-state index contributed by atoms with van der Waals surface area (Å²) in [5, 5.41) is 11.6. The molecule has 2 aromatic rings. The predicted molar refractivity (Wildman–Crippen MR) is 96.0 cm³/mol. The van der Waals surface area contributed by atoms with Gasteiger partial charge in [0, 0.05) is 22.7 Å². The van der Waals surface area contributed by atoms with Crippen molar-refractivity contribution in [2.24, 2.45) is 0 Å². The molecule has 1 unspecified atom stereocenters. The van der Waals surface area contributed by atoms with Gasteiger partial charge in [-0.25, -0.2) is 4.79 Å². The minimum Gasteiger partial charge on any atom is -0.452 e. The van der Waals surface area contributed by atoms with Crippen molar-refractivity contribution in [2.45, 2.75) is 12.5 Å². The van der Waals surface area contributed by atoms with E-state index in [-0.39, 0.29) is 11.7 Å². The van der Waals surface area contributed by atoms with Crippen molar-refractivity contribution in [3.63, 3.8) is 0 Å². The zero-order valence-corrected chi connectivity index (χ0v) is 14.1. The van der Waals surface area contributed by atoms with Crippen LogP contribution >= 0.6 is 11.6 Å². The molecule has 0 bridgehead atoms. The summed E-state index contributed by atoms with van der Waals surface area (Å²) < 4.78 is 4.91. The maximum Gasteiger partial charge on any atom is 0.414 e. The monoisotopic (exact) mass is 358 g/mol. The van der Waals surface area contributed by atoms with E-state index in [1.807, 2.05) is 18.2 Å². The third-order valence-corrected chi connectivity index (χ3v) is 4.29. The van der Waals surface area contributed by atoms with Crippen molar-refractivity contribution >= 4 is 35.1 Å². The van der Waals surface area contributed by atoms with E-state index in [1.165, 1.54) is 24.1 Å². The molecule has 3 rings (SSSR count). The first-order chi connectivity index (χ1) is 12.0. The van der Waals surface area contributed by atoms with E-state index in [1.54, 1.807) is 24.3 Å². The molecule has 25 heavy (non-hydrogen) atoms. The molecule has 2 aromatic carbocycles. The van der Waals surface area contributed by atoms with E-state index in [4.69, 9.17) is 16.3 Å². The van der Waals surface area contributed by atoms with Crippen molar-refractivity contribution in [2.75, 3.05) is 12.0 Å². The molecule has 0 saturated carbocycles. The minimum absolute atomic E-state index is 0.0237. The fourth-order valence-electron chi connectivity index (χ4n) is 2.84.